The summed E-state index contributed by atoms with van der Waals surface area (Å²) in [5, 5.41) is 12.8. The van der Waals surface area contributed by atoms with Crippen LogP contribution >= 0.6 is 0 Å². The number of pyridine rings is 1. The minimum Gasteiger partial charge on any atom is -0.491 e. The number of fused-ring (bicyclic) bond motifs is 1. The molecule has 0 saturated carbocycles. The van der Waals surface area contributed by atoms with Crippen molar-refractivity contribution in [3.05, 3.63) is 132 Å². The number of ether oxygens (including phenoxy) is 1. The first-order valence-electron chi connectivity index (χ1n) is 13.5. The lowest BCUT2D eigenvalue weighted by Gasteiger charge is -2.21. The lowest BCUT2D eigenvalue weighted by molar-refractivity contribution is -0.137. The van der Waals surface area contributed by atoms with E-state index in [0.717, 1.165) is 27.6 Å². The number of rotatable bonds is 11. The summed E-state index contributed by atoms with van der Waals surface area (Å²) in [5.41, 5.74) is 5.72. The number of amides is 1. The van der Waals surface area contributed by atoms with Crippen molar-refractivity contribution in [1.29, 1.82) is 0 Å². The maximum atomic E-state index is 12.9. The van der Waals surface area contributed by atoms with Crippen LogP contribution in [0.15, 0.2) is 116 Å². The summed E-state index contributed by atoms with van der Waals surface area (Å²) in [6, 6.07) is 29.9. The lowest BCUT2D eigenvalue weighted by Crippen LogP contribution is -2.11. The van der Waals surface area contributed by atoms with Gasteiger partial charge in [0.05, 0.1) is 18.3 Å². The zero-order valence-electron chi connectivity index (χ0n) is 22.7. The quantitative estimate of drug-likeness (QED) is 0.138. The maximum absolute atomic E-state index is 12.9. The van der Waals surface area contributed by atoms with Gasteiger partial charge in [0.1, 0.15) is 5.75 Å². The van der Waals surface area contributed by atoms with Crippen molar-refractivity contribution >= 4 is 34.0 Å². The van der Waals surface area contributed by atoms with Gasteiger partial charge in [-0.2, -0.15) is 0 Å². The third kappa shape index (κ3) is 6.70. The summed E-state index contributed by atoms with van der Waals surface area (Å²) < 4.78 is 7.97. The molecule has 7 nitrogen and oxygen atoms in total. The lowest BCUT2D eigenvalue weighted by atomic mass is 9.99. The highest BCUT2D eigenvalue weighted by Gasteiger charge is 2.18. The van der Waals surface area contributed by atoms with E-state index in [9.17, 15) is 9.59 Å². The summed E-state index contributed by atoms with van der Waals surface area (Å²) in [7, 11) is 0. The summed E-state index contributed by atoms with van der Waals surface area (Å²) >= 11 is 0. The summed E-state index contributed by atoms with van der Waals surface area (Å²) in [5.74, 6) is -0.638. The molecule has 1 amide bonds. The van der Waals surface area contributed by atoms with Gasteiger partial charge < -0.3 is 19.7 Å². The second-order valence-corrected chi connectivity index (χ2v) is 9.75. The molecular formula is C34H31N3O4. The van der Waals surface area contributed by atoms with Crippen molar-refractivity contribution < 1.29 is 19.4 Å². The van der Waals surface area contributed by atoms with E-state index in [1.807, 2.05) is 55.7 Å². The number of carboxylic acids is 1. The van der Waals surface area contributed by atoms with E-state index in [2.05, 4.69) is 63.5 Å². The summed E-state index contributed by atoms with van der Waals surface area (Å²) in [4.78, 5) is 27.8. The fraction of sp³-hybridized carbons (Fsp3) is 0.147. The Morgan fingerprint density at radius 3 is 2.46 bits per heavy atom. The Bertz CT molecular complexity index is 1640. The third-order valence-corrected chi connectivity index (χ3v) is 6.88. The number of carbonyl (C=O) groups is 2. The highest BCUT2D eigenvalue weighted by atomic mass is 16.5. The number of carboxylic acid groups (broad SMARTS) is 1. The van der Waals surface area contributed by atoms with E-state index in [4.69, 9.17) is 9.84 Å². The largest absolute Gasteiger partial charge is 0.491 e. The molecule has 41 heavy (non-hydrogen) atoms. The van der Waals surface area contributed by atoms with Crippen molar-refractivity contribution in [3.8, 4) is 5.75 Å². The zero-order valence-corrected chi connectivity index (χ0v) is 22.7. The first-order valence-corrected chi connectivity index (χ1v) is 13.5. The Labute approximate surface area is 238 Å². The van der Waals surface area contributed by atoms with Crippen LogP contribution in [0.5, 0.6) is 5.75 Å². The van der Waals surface area contributed by atoms with Crippen LogP contribution in [0.25, 0.3) is 16.5 Å². The molecule has 1 unspecified atom stereocenters. The van der Waals surface area contributed by atoms with Gasteiger partial charge in [-0.05, 0) is 78.1 Å². The number of nitrogens with zero attached hydrogens (tertiary/aromatic N) is 2. The summed E-state index contributed by atoms with van der Waals surface area (Å²) in [6.07, 6.45) is 7.72. The molecule has 2 heterocycles. The number of aromatic nitrogens is 2. The molecule has 0 aliphatic rings. The monoisotopic (exact) mass is 545 g/mol. The SMILES string of the molecule is C/C(=C\C(=O)Nc1ccccc1OCCCC(=O)O)c1ccc2c(ccn2C(c2ccccc2)c2ccncc2)c1. The van der Waals surface area contributed by atoms with Gasteiger partial charge in [0.25, 0.3) is 0 Å². The van der Waals surface area contributed by atoms with Crippen LogP contribution in [0.2, 0.25) is 0 Å². The predicted molar refractivity (Wildman–Crippen MR) is 161 cm³/mol. The van der Waals surface area contributed by atoms with Crippen LogP contribution in [0.3, 0.4) is 0 Å². The van der Waals surface area contributed by atoms with Crippen molar-refractivity contribution in [3.63, 3.8) is 0 Å². The molecule has 1 atom stereocenters. The Kier molecular flexibility index (Phi) is 8.55. The first-order chi connectivity index (χ1) is 20.0. The van der Waals surface area contributed by atoms with Gasteiger partial charge in [0.15, 0.2) is 0 Å². The molecule has 5 rings (SSSR count). The van der Waals surface area contributed by atoms with E-state index in [-0.39, 0.29) is 25.0 Å². The van der Waals surface area contributed by atoms with E-state index in [1.165, 1.54) is 5.56 Å². The molecule has 7 heteroatoms. The van der Waals surface area contributed by atoms with Crippen molar-refractivity contribution in [2.45, 2.75) is 25.8 Å². The van der Waals surface area contributed by atoms with Crippen molar-refractivity contribution in [2.75, 3.05) is 11.9 Å². The molecular weight excluding hydrogens is 514 g/mol. The van der Waals surface area contributed by atoms with Crippen LogP contribution in [0.4, 0.5) is 5.69 Å². The molecule has 0 radical (unpaired) electrons. The summed E-state index contributed by atoms with van der Waals surface area (Å²) in [6.45, 7) is 2.16. The molecule has 206 valence electrons. The maximum Gasteiger partial charge on any atom is 0.303 e. The zero-order chi connectivity index (χ0) is 28.6. The number of carbonyl (C=O) groups excluding carboxylic acids is 1. The highest BCUT2D eigenvalue weighted by molar-refractivity contribution is 6.05. The fourth-order valence-electron chi connectivity index (χ4n) is 4.88. The topological polar surface area (TPSA) is 93.5 Å². The molecule has 2 aromatic heterocycles. The Morgan fingerprint density at radius 1 is 0.951 bits per heavy atom. The van der Waals surface area contributed by atoms with Crippen molar-refractivity contribution in [1.82, 2.24) is 9.55 Å². The molecule has 0 aliphatic carbocycles. The molecule has 3 aromatic carbocycles. The molecule has 0 bridgehead atoms. The molecule has 0 fully saturated rings. The standard InChI is InChI=1S/C34H31N3O4/c1-24(22-32(38)36-29-10-5-6-11-31(29)41-21-7-12-33(39)40)27-13-14-30-28(23-27)17-20-37(30)34(25-8-3-2-4-9-25)26-15-18-35-19-16-26/h2-6,8-11,13-20,22-23,34H,7,12,21H2,1H3,(H,36,38)(H,39,40)/b24-22+. The van der Waals surface area contributed by atoms with Gasteiger partial charge in [0.2, 0.25) is 5.91 Å². The van der Waals surface area contributed by atoms with E-state index in [0.29, 0.717) is 17.9 Å². The van der Waals surface area contributed by atoms with Gasteiger partial charge >= 0.3 is 5.97 Å². The van der Waals surface area contributed by atoms with Crippen LogP contribution < -0.4 is 10.1 Å². The number of anilines is 1. The first kappa shape index (κ1) is 27.4. The minimum absolute atomic E-state index is 0.00335. The average molecular weight is 546 g/mol. The van der Waals surface area contributed by atoms with E-state index >= 15 is 0 Å². The molecule has 2 N–H and O–H groups in total. The van der Waals surface area contributed by atoms with Gasteiger partial charge in [0, 0.05) is 42.0 Å². The van der Waals surface area contributed by atoms with Crippen LogP contribution in [0, 0.1) is 0 Å². The van der Waals surface area contributed by atoms with E-state index < -0.39 is 5.97 Å². The molecule has 0 aliphatic heterocycles. The third-order valence-electron chi connectivity index (χ3n) is 6.88. The molecule has 0 saturated heterocycles. The highest BCUT2D eigenvalue weighted by Crippen LogP contribution is 2.32. The number of hydrogen-bond donors (Lipinski definition) is 2. The second-order valence-electron chi connectivity index (χ2n) is 9.75. The Morgan fingerprint density at radius 2 is 1.68 bits per heavy atom. The average Bonchev–Trinajstić information content (AvgIpc) is 3.40. The second kappa shape index (κ2) is 12.8. The van der Waals surface area contributed by atoms with Gasteiger partial charge in [-0.1, -0.05) is 48.5 Å². The van der Waals surface area contributed by atoms with Crippen molar-refractivity contribution in [2.24, 2.45) is 0 Å². The van der Waals surface area contributed by atoms with Gasteiger partial charge in [-0.15, -0.1) is 0 Å². The van der Waals surface area contributed by atoms with Crippen LogP contribution in [0.1, 0.15) is 42.5 Å². The van der Waals surface area contributed by atoms with E-state index in [1.54, 1.807) is 18.2 Å². The number of aliphatic carboxylic acids is 1. The Balaban J connectivity index is 1.35. The number of hydrogen-bond acceptors (Lipinski definition) is 4. The number of para-hydroxylation sites is 2. The number of nitrogens with one attached hydrogen (secondary N) is 1. The van der Waals surface area contributed by atoms with Crippen LogP contribution in [-0.4, -0.2) is 33.1 Å². The number of benzene rings is 3. The number of allylic oxidation sites excluding steroid dienone is 1. The smallest absolute Gasteiger partial charge is 0.303 e. The minimum atomic E-state index is -0.865. The van der Waals surface area contributed by atoms with Gasteiger partial charge in [-0.3, -0.25) is 14.6 Å². The van der Waals surface area contributed by atoms with Crippen LogP contribution in [-0.2, 0) is 9.59 Å². The van der Waals surface area contributed by atoms with Gasteiger partial charge in [-0.25, -0.2) is 0 Å². The fourth-order valence-corrected chi connectivity index (χ4v) is 4.88. The normalized spacial score (nSPS) is 12.2. The Hall–Kier alpha value is -5.17. The molecule has 0 spiro atoms. The molecule has 5 aromatic rings. The predicted octanol–water partition coefficient (Wildman–Crippen LogP) is 6.96.